The molecule has 1 saturated carbocycles. The van der Waals surface area contributed by atoms with Crippen molar-refractivity contribution in [1.82, 2.24) is 5.32 Å². The van der Waals surface area contributed by atoms with Crippen LogP contribution in [0.1, 0.15) is 25.8 Å². The predicted molar refractivity (Wildman–Crippen MR) is 76.2 cm³/mol. The van der Waals surface area contributed by atoms with Gasteiger partial charge in [-0.3, -0.25) is 4.79 Å². The van der Waals surface area contributed by atoms with Crippen molar-refractivity contribution in [2.45, 2.75) is 30.2 Å². The predicted octanol–water partition coefficient (Wildman–Crippen LogP) is 2.59. The Labute approximate surface area is 122 Å². The van der Waals surface area contributed by atoms with Crippen LogP contribution >= 0.6 is 23.2 Å². The van der Waals surface area contributed by atoms with Crippen molar-refractivity contribution in [3.05, 3.63) is 35.9 Å². The molecule has 0 bridgehead atoms. The van der Waals surface area contributed by atoms with Gasteiger partial charge in [0.15, 0.2) is 0 Å². The van der Waals surface area contributed by atoms with E-state index in [1.165, 1.54) is 0 Å². The minimum absolute atomic E-state index is 0.120. The van der Waals surface area contributed by atoms with Gasteiger partial charge in [-0.1, -0.05) is 30.3 Å². The van der Waals surface area contributed by atoms with Gasteiger partial charge in [-0.15, -0.1) is 23.2 Å². The van der Waals surface area contributed by atoms with Gasteiger partial charge in [0.05, 0.1) is 12.0 Å². The van der Waals surface area contributed by atoms with E-state index in [-0.39, 0.29) is 12.5 Å². The first-order chi connectivity index (χ1) is 8.69. The Kier molecular flexibility index (Phi) is 3.58. The molecule has 0 spiro atoms. The van der Waals surface area contributed by atoms with Crippen LogP contribution in [0.25, 0.3) is 0 Å². The first-order valence-corrected chi connectivity index (χ1v) is 6.89. The van der Waals surface area contributed by atoms with Gasteiger partial charge in [0.2, 0.25) is 5.91 Å². The number of benzene rings is 1. The molecule has 1 amide bonds. The lowest BCUT2D eigenvalue weighted by Gasteiger charge is -2.25. The number of nitrogens with one attached hydrogen (secondary N) is 1. The molecule has 1 aromatic carbocycles. The van der Waals surface area contributed by atoms with Gasteiger partial charge in [-0.05, 0) is 25.8 Å². The highest BCUT2D eigenvalue weighted by molar-refractivity contribution is 6.53. The molecular weight excluding hydrogens is 285 g/mol. The standard InChI is InChI=1S/C14H17Cl2NO2/c1-12(8-14(12,15)16)11(18)17-9-13(2,19)10-6-4-3-5-7-10/h3-7,19H,8-9H2,1-2H3,(H,17,18). The molecule has 1 aromatic rings. The van der Waals surface area contributed by atoms with E-state index in [0.717, 1.165) is 5.56 Å². The largest absolute Gasteiger partial charge is 0.384 e. The Bertz CT molecular complexity index is 487. The molecule has 2 unspecified atom stereocenters. The zero-order valence-corrected chi connectivity index (χ0v) is 12.4. The molecule has 2 rings (SSSR count). The number of hydrogen-bond acceptors (Lipinski definition) is 2. The number of carbonyl (C=O) groups excluding carboxylic acids is 1. The summed E-state index contributed by atoms with van der Waals surface area (Å²) >= 11 is 11.9. The zero-order chi connectivity index (χ0) is 14.3. The van der Waals surface area contributed by atoms with Gasteiger partial charge in [-0.2, -0.15) is 0 Å². The Morgan fingerprint density at radius 1 is 1.42 bits per heavy atom. The molecule has 2 atom stereocenters. The SMILES string of the molecule is CC(O)(CNC(=O)C1(C)CC1(Cl)Cl)c1ccccc1. The van der Waals surface area contributed by atoms with Crippen LogP contribution in [0.3, 0.4) is 0 Å². The summed E-state index contributed by atoms with van der Waals surface area (Å²) in [6, 6.07) is 9.20. The van der Waals surface area contributed by atoms with Crippen molar-refractivity contribution in [2.24, 2.45) is 5.41 Å². The lowest BCUT2D eigenvalue weighted by Crippen LogP contribution is -2.42. The Morgan fingerprint density at radius 2 is 1.95 bits per heavy atom. The summed E-state index contributed by atoms with van der Waals surface area (Å²) in [5, 5.41) is 13.1. The minimum atomic E-state index is -1.12. The monoisotopic (exact) mass is 301 g/mol. The molecule has 5 heteroatoms. The van der Waals surface area contributed by atoms with Crippen LogP contribution in [-0.2, 0) is 10.4 Å². The van der Waals surface area contributed by atoms with Crippen LogP contribution in [0.4, 0.5) is 0 Å². The molecule has 1 aliphatic carbocycles. The fourth-order valence-corrected chi connectivity index (χ4v) is 2.70. The van der Waals surface area contributed by atoms with Crippen LogP contribution in [-0.4, -0.2) is 21.9 Å². The van der Waals surface area contributed by atoms with Crippen LogP contribution in [0, 0.1) is 5.41 Å². The summed E-state index contributed by atoms with van der Waals surface area (Å²) < 4.78 is -0.990. The third kappa shape index (κ3) is 2.73. The van der Waals surface area contributed by atoms with Crippen molar-refractivity contribution in [3.8, 4) is 0 Å². The van der Waals surface area contributed by atoms with E-state index in [1.807, 2.05) is 30.3 Å². The summed E-state index contributed by atoms with van der Waals surface area (Å²) in [5.74, 6) is -0.228. The molecular formula is C14H17Cl2NO2. The molecule has 0 saturated heterocycles. The molecule has 1 aliphatic rings. The molecule has 3 nitrogen and oxygen atoms in total. The van der Waals surface area contributed by atoms with Gasteiger partial charge in [0.1, 0.15) is 9.93 Å². The maximum absolute atomic E-state index is 12.0. The van der Waals surface area contributed by atoms with E-state index in [2.05, 4.69) is 5.32 Å². The Balaban J connectivity index is 1.98. The van der Waals surface area contributed by atoms with E-state index in [0.29, 0.717) is 6.42 Å². The molecule has 2 N–H and O–H groups in total. The average molecular weight is 302 g/mol. The van der Waals surface area contributed by atoms with Gasteiger partial charge in [-0.25, -0.2) is 0 Å². The van der Waals surface area contributed by atoms with E-state index in [1.54, 1.807) is 13.8 Å². The average Bonchev–Trinajstić information content (AvgIpc) is 2.88. The molecule has 0 aromatic heterocycles. The summed E-state index contributed by atoms with van der Waals surface area (Å²) in [6.45, 7) is 3.50. The zero-order valence-electron chi connectivity index (χ0n) is 10.9. The molecule has 19 heavy (non-hydrogen) atoms. The first-order valence-electron chi connectivity index (χ1n) is 6.13. The maximum Gasteiger partial charge on any atom is 0.229 e. The van der Waals surface area contributed by atoms with E-state index < -0.39 is 15.3 Å². The van der Waals surface area contributed by atoms with Gasteiger partial charge in [0, 0.05) is 0 Å². The van der Waals surface area contributed by atoms with Crippen molar-refractivity contribution in [3.63, 3.8) is 0 Å². The topological polar surface area (TPSA) is 49.3 Å². The van der Waals surface area contributed by atoms with Gasteiger partial charge < -0.3 is 10.4 Å². The number of hydrogen-bond donors (Lipinski definition) is 2. The van der Waals surface area contributed by atoms with Crippen LogP contribution in [0.15, 0.2) is 30.3 Å². The van der Waals surface area contributed by atoms with Crippen LogP contribution in [0.5, 0.6) is 0 Å². The Morgan fingerprint density at radius 3 is 2.42 bits per heavy atom. The maximum atomic E-state index is 12.0. The second-order valence-corrected chi connectivity index (χ2v) is 7.02. The fourth-order valence-electron chi connectivity index (χ4n) is 1.99. The van der Waals surface area contributed by atoms with Gasteiger partial charge in [0.25, 0.3) is 0 Å². The van der Waals surface area contributed by atoms with Crippen LogP contribution < -0.4 is 5.32 Å². The molecule has 1 fully saturated rings. The van der Waals surface area contributed by atoms with E-state index in [4.69, 9.17) is 23.2 Å². The minimum Gasteiger partial charge on any atom is -0.384 e. The third-order valence-corrected chi connectivity index (χ3v) is 4.85. The fraction of sp³-hybridized carbons (Fsp3) is 0.500. The van der Waals surface area contributed by atoms with Crippen molar-refractivity contribution in [1.29, 1.82) is 0 Å². The van der Waals surface area contributed by atoms with Crippen molar-refractivity contribution in [2.75, 3.05) is 6.54 Å². The number of rotatable bonds is 4. The van der Waals surface area contributed by atoms with E-state index >= 15 is 0 Å². The highest BCUT2D eigenvalue weighted by Gasteiger charge is 2.67. The summed E-state index contributed by atoms with van der Waals surface area (Å²) in [6.07, 6.45) is 0.433. The lowest BCUT2D eigenvalue weighted by atomic mass is 9.95. The number of alkyl halides is 2. The number of halogens is 2. The highest BCUT2D eigenvalue weighted by Crippen LogP contribution is 2.63. The van der Waals surface area contributed by atoms with Crippen LogP contribution in [0.2, 0.25) is 0 Å². The summed E-state index contributed by atoms with van der Waals surface area (Å²) in [7, 11) is 0. The lowest BCUT2D eigenvalue weighted by molar-refractivity contribution is -0.127. The third-order valence-electron chi connectivity index (χ3n) is 3.75. The highest BCUT2D eigenvalue weighted by atomic mass is 35.5. The first kappa shape index (κ1) is 14.6. The molecule has 104 valence electrons. The quantitative estimate of drug-likeness (QED) is 0.840. The number of aliphatic hydroxyl groups is 1. The van der Waals surface area contributed by atoms with Gasteiger partial charge >= 0.3 is 0 Å². The smallest absolute Gasteiger partial charge is 0.229 e. The van der Waals surface area contributed by atoms with E-state index in [9.17, 15) is 9.90 Å². The van der Waals surface area contributed by atoms with Crippen molar-refractivity contribution < 1.29 is 9.90 Å². The molecule has 0 aliphatic heterocycles. The summed E-state index contributed by atoms with van der Waals surface area (Å²) in [5.41, 5.74) is -1.13. The number of carbonyl (C=O) groups is 1. The summed E-state index contributed by atoms with van der Waals surface area (Å²) in [4.78, 5) is 12.0. The molecule has 0 heterocycles. The Hall–Kier alpha value is -0.770. The second kappa shape index (κ2) is 4.65. The molecule has 0 radical (unpaired) electrons. The number of amides is 1. The van der Waals surface area contributed by atoms with Crippen molar-refractivity contribution >= 4 is 29.1 Å². The second-order valence-electron chi connectivity index (χ2n) is 5.54. The normalized spacial score (nSPS) is 27.4.